The van der Waals surface area contributed by atoms with E-state index in [-0.39, 0.29) is 22.7 Å². The van der Waals surface area contributed by atoms with E-state index < -0.39 is 0 Å². The van der Waals surface area contributed by atoms with E-state index in [4.69, 9.17) is 5.73 Å². The number of nitrogens with one attached hydrogen (secondary N) is 1. The van der Waals surface area contributed by atoms with Crippen LogP contribution in [0.3, 0.4) is 0 Å². The summed E-state index contributed by atoms with van der Waals surface area (Å²) in [5.41, 5.74) is 8.00. The Morgan fingerprint density at radius 1 is 1.21 bits per heavy atom. The molecule has 0 saturated heterocycles. The summed E-state index contributed by atoms with van der Waals surface area (Å²) in [6.07, 6.45) is 0. The minimum absolute atomic E-state index is 0.0934. The first kappa shape index (κ1) is 14.1. The van der Waals surface area contributed by atoms with Crippen molar-refractivity contribution in [3.8, 4) is 0 Å². The standard InChI is InChI=1S/C16H24N2O/c1-15(2)13(16(15,3)4)14(19)18-10-12-7-5-6-11(8-12)9-17/h5-8,13H,9-10,17H2,1-4H3,(H,18,19). The van der Waals surface area contributed by atoms with Crippen LogP contribution < -0.4 is 11.1 Å². The molecule has 3 nitrogen and oxygen atoms in total. The average molecular weight is 260 g/mol. The predicted molar refractivity (Wildman–Crippen MR) is 77.2 cm³/mol. The Morgan fingerprint density at radius 2 is 1.79 bits per heavy atom. The third-order valence-electron chi connectivity index (χ3n) is 4.98. The lowest BCUT2D eigenvalue weighted by atomic mass is 10.0. The molecule has 1 amide bonds. The molecule has 2 rings (SSSR count). The zero-order valence-corrected chi connectivity index (χ0v) is 12.3. The van der Waals surface area contributed by atoms with E-state index in [1.165, 1.54) is 0 Å². The molecule has 104 valence electrons. The Labute approximate surface area is 115 Å². The SMILES string of the molecule is CC1(C)C(C(=O)NCc2cccc(CN)c2)C1(C)C. The molecule has 1 saturated carbocycles. The largest absolute Gasteiger partial charge is 0.352 e. The molecule has 1 aliphatic carbocycles. The van der Waals surface area contributed by atoms with E-state index in [1.54, 1.807) is 0 Å². The van der Waals surface area contributed by atoms with Crippen molar-refractivity contribution in [2.24, 2.45) is 22.5 Å². The molecule has 0 atom stereocenters. The first-order valence-electron chi connectivity index (χ1n) is 6.86. The first-order valence-corrected chi connectivity index (χ1v) is 6.86. The van der Waals surface area contributed by atoms with E-state index in [1.807, 2.05) is 24.3 Å². The fraction of sp³-hybridized carbons (Fsp3) is 0.562. The summed E-state index contributed by atoms with van der Waals surface area (Å²) in [5.74, 6) is 0.269. The van der Waals surface area contributed by atoms with Crippen molar-refractivity contribution in [1.82, 2.24) is 5.32 Å². The van der Waals surface area contributed by atoms with Gasteiger partial charge in [0.2, 0.25) is 5.91 Å². The number of hydrogen-bond donors (Lipinski definition) is 2. The highest BCUT2D eigenvalue weighted by Crippen LogP contribution is 2.68. The minimum atomic E-state index is 0.0934. The summed E-state index contributed by atoms with van der Waals surface area (Å²) in [6.45, 7) is 9.75. The maximum atomic E-state index is 12.2. The second-order valence-corrected chi connectivity index (χ2v) is 6.62. The summed E-state index contributed by atoms with van der Waals surface area (Å²) in [4.78, 5) is 12.2. The molecule has 1 aromatic rings. The second kappa shape index (κ2) is 4.64. The van der Waals surface area contributed by atoms with Gasteiger partial charge in [-0.05, 0) is 22.0 Å². The fourth-order valence-corrected chi connectivity index (χ4v) is 3.01. The molecule has 3 heteroatoms. The zero-order chi connectivity index (χ0) is 14.3. The van der Waals surface area contributed by atoms with Crippen LogP contribution in [-0.4, -0.2) is 5.91 Å². The maximum absolute atomic E-state index is 12.2. The van der Waals surface area contributed by atoms with Crippen LogP contribution in [0.4, 0.5) is 0 Å². The van der Waals surface area contributed by atoms with Gasteiger partial charge in [-0.3, -0.25) is 4.79 Å². The van der Waals surface area contributed by atoms with Crippen molar-refractivity contribution in [2.75, 3.05) is 0 Å². The lowest BCUT2D eigenvalue weighted by Gasteiger charge is -2.07. The molecular weight excluding hydrogens is 236 g/mol. The minimum Gasteiger partial charge on any atom is -0.352 e. The van der Waals surface area contributed by atoms with Crippen LogP contribution in [0, 0.1) is 16.7 Å². The molecule has 1 aromatic carbocycles. The maximum Gasteiger partial charge on any atom is 0.224 e. The van der Waals surface area contributed by atoms with Gasteiger partial charge >= 0.3 is 0 Å². The smallest absolute Gasteiger partial charge is 0.224 e. The molecule has 1 aliphatic rings. The van der Waals surface area contributed by atoms with Crippen molar-refractivity contribution in [1.29, 1.82) is 0 Å². The Bertz CT molecular complexity index is 477. The number of carbonyl (C=O) groups excluding carboxylic acids is 1. The van der Waals surface area contributed by atoms with Crippen LogP contribution in [0.2, 0.25) is 0 Å². The number of benzene rings is 1. The zero-order valence-electron chi connectivity index (χ0n) is 12.3. The van der Waals surface area contributed by atoms with Crippen molar-refractivity contribution >= 4 is 5.91 Å². The highest BCUT2D eigenvalue weighted by Gasteiger charge is 2.68. The quantitative estimate of drug-likeness (QED) is 0.873. The van der Waals surface area contributed by atoms with Crippen molar-refractivity contribution in [3.05, 3.63) is 35.4 Å². The molecule has 0 unspecified atom stereocenters. The van der Waals surface area contributed by atoms with Gasteiger partial charge in [-0.2, -0.15) is 0 Å². The van der Waals surface area contributed by atoms with Gasteiger partial charge < -0.3 is 11.1 Å². The van der Waals surface area contributed by atoms with Gasteiger partial charge in [0.1, 0.15) is 0 Å². The lowest BCUT2D eigenvalue weighted by Crippen LogP contribution is -2.26. The third-order valence-corrected chi connectivity index (χ3v) is 4.98. The highest BCUT2D eigenvalue weighted by molar-refractivity contribution is 5.84. The fourth-order valence-electron chi connectivity index (χ4n) is 3.01. The Balaban J connectivity index is 1.95. The molecule has 3 N–H and O–H groups in total. The first-order chi connectivity index (χ1) is 8.80. The van der Waals surface area contributed by atoms with E-state index in [2.05, 4.69) is 33.0 Å². The molecule has 0 aliphatic heterocycles. The molecular formula is C16H24N2O. The van der Waals surface area contributed by atoms with Crippen LogP contribution in [-0.2, 0) is 17.9 Å². The van der Waals surface area contributed by atoms with Gasteiger partial charge in [0.15, 0.2) is 0 Å². The van der Waals surface area contributed by atoms with E-state index in [0.29, 0.717) is 13.1 Å². The number of hydrogen-bond acceptors (Lipinski definition) is 2. The summed E-state index contributed by atoms with van der Waals surface area (Å²) < 4.78 is 0. The summed E-state index contributed by atoms with van der Waals surface area (Å²) in [7, 11) is 0. The molecule has 1 fully saturated rings. The van der Waals surface area contributed by atoms with E-state index >= 15 is 0 Å². The van der Waals surface area contributed by atoms with Crippen LogP contribution >= 0.6 is 0 Å². The lowest BCUT2D eigenvalue weighted by molar-refractivity contribution is -0.123. The normalized spacial score (nSPS) is 20.1. The second-order valence-electron chi connectivity index (χ2n) is 6.62. The Kier molecular flexibility index (Phi) is 3.43. The summed E-state index contributed by atoms with van der Waals surface area (Å²) in [6, 6.07) is 8.04. The highest BCUT2D eigenvalue weighted by atomic mass is 16.2. The van der Waals surface area contributed by atoms with Crippen molar-refractivity contribution < 1.29 is 4.79 Å². The van der Waals surface area contributed by atoms with Crippen LogP contribution in [0.5, 0.6) is 0 Å². The van der Waals surface area contributed by atoms with Gasteiger partial charge in [0.05, 0.1) is 0 Å². The monoisotopic (exact) mass is 260 g/mol. The Morgan fingerprint density at radius 3 is 2.32 bits per heavy atom. The number of carbonyl (C=O) groups is 1. The molecule has 0 heterocycles. The third kappa shape index (κ3) is 2.39. The Hall–Kier alpha value is -1.35. The topological polar surface area (TPSA) is 55.1 Å². The molecule has 19 heavy (non-hydrogen) atoms. The van der Waals surface area contributed by atoms with E-state index in [9.17, 15) is 4.79 Å². The number of rotatable bonds is 4. The van der Waals surface area contributed by atoms with Crippen molar-refractivity contribution in [3.63, 3.8) is 0 Å². The predicted octanol–water partition coefficient (Wildman–Crippen LogP) is 2.44. The summed E-state index contributed by atoms with van der Waals surface area (Å²) >= 11 is 0. The molecule has 0 aromatic heterocycles. The summed E-state index contributed by atoms with van der Waals surface area (Å²) in [5, 5.41) is 3.04. The average Bonchev–Trinajstić information content (AvgIpc) is 2.77. The van der Waals surface area contributed by atoms with Gasteiger partial charge in [-0.15, -0.1) is 0 Å². The number of nitrogens with two attached hydrogens (primary N) is 1. The van der Waals surface area contributed by atoms with Crippen LogP contribution in [0.15, 0.2) is 24.3 Å². The molecule has 0 radical (unpaired) electrons. The van der Waals surface area contributed by atoms with Gasteiger partial charge in [0, 0.05) is 19.0 Å². The molecule has 0 bridgehead atoms. The van der Waals surface area contributed by atoms with Crippen LogP contribution in [0.25, 0.3) is 0 Å². The number of amides is 1. The van der Waals surface area contributed by atoms with Gasteiger partial charge in [-0.25, -0.2) is 0 Å². The van der Waals surface area contributed by atoms with Crippen molar-refractivity contribution in [2.45, 2.75) is 40.8 Å². The van der Waals surface area contributed by atoms with Gasteiger partial charge in [-0.1, -0.05) is 52.0 Å². The van der Waals surface area contributed by atoms with Gasteiger partial charge in [0.25, 0.3) is 0 Å². The van der Waals surface area contributed by atoms with Crippen LogP contribution in [0.1, 0.15) is 38.8 Å². The van der Waals surface area contributed by atoms with E-state index in [0.717, 1.165) is 11.1 Å². The molecule has 0 spiro atoms.